The van der Waals surface area contributed by atoms with Crippen molar-refractivity contribution in [3.05, 3.63) is 46.9 Å². The molecule has 1 heterocycles. The Bertz CT molecular complexity index is 556. The van der Waals surface area contributed by atoms with E-state index in [-0.39, 0.29) is 17.4 Å². The average molecular weight is 221 g/mol. The summed E-state index contributed by atoms with van der Waals surface area (Å²) in [4.78, 5) is 11.9. The van der Waals surface area contributed by atoms with E-state index in [1.165, 1.54) is 23.0 Å². The van der Waals surface area contributed by atoms with E-state index in [2.05, 4.69) is 5.10 Å². The lowest BCUT2D eigenvalue weighted by atomic mass is 10.3. The monoisotopic (exact) mass is 221 g/mol. The van der Waals surface area contributed by atoms with Gasteiger partial charge in [-0.1, -0.05) is 12.1 Å². The van der Waals surface area contributed by atoms with Gasteiger partial charge in [0.25, 0.3) is 0 Å². The van der Waals surface area contributed by atoms with Crippen molar-refractivity contribution in [1.82, 2.24) is 14.3 Å². The van der Waals surface area contributed by atoms with Crippen LogP contribution in [0.25, 0.3) is 5.69 Å². The number of hydrogen-bond acceptors (Lipinski definition) is 2. The molecule has 0 amide bonds. The van der Waals surface area contributed by atoms with Crippen LogP contribution in [-0.2, 0) is 0 Å². The quantitative estimate of drug-likeness (QED) is 0.775. The van der Waals surface area contributed by atoms with E-state index in [4.69, 9.17) is 0 Å². The van der Waals surface area contributed by atoms with Crippen LogP contribution in [0.15, 0.2) is 35.4 Å². The number of halogens is 1. The first-order chi connectivity index (χ1) is 7.61. The molecule has 2 aromatic rings. The van der Waals surface area contributed by atoms with Crippen LogP contribution >= 0.6 is 0 Å². The minimum atomic E-state index is -0.460. The number of benzene rings is 1. The molecule has 0 bridgehead atoms. The van der Waals surface area contributed by atoms with Gasteiger partial charge >= 0.3 is 5.69 Å². The van der Waals surface area contributed by atoms with Crippen LogP contribution in [0, 0.1) is 5.82 Å². The van der Waals surface area contributed by atoms with E-state index in [1.807, 2.05) is 13.8 Å². The Hall–Kier alpha value is -1.91. The second-order valence-corrected chi connectivity index (χ2v) is 3.78. The van der Waals surface area contributed by atoms with E-state index in [0.29, 0.717) is 0 Å². The van der Waals surface area contributed by atoms with Gasteiger partial charge in [0.05, 0.1) is 0 Å². The van der Waals surface area contributed by atoms with Crippen LogP contribution in [-0.4, -0.2) is 14.3 Å². The predicted molar refractivity (Wildman–Crippen MR) is 58.2 cm³/mol. The van der Waals surface area contributed by atoms with Crippen molar-refractivity contribution in [3.8, 4) is 5.69 Å². The molecule has 0 aliphatic rings. The van der Waals surface area contributed by atoms with Gasteiger partial charge in [-0.05, 0) is 26.0 Å². The number of para-hydroxylation sites is 1. The van der Waals surface area contributed by atoms with Crippen molar-refractivity contribution in [2.45, 2.75) is 19.9 Å². The number of hydrogen-bond donors (Lipinski definition) is 0. The maximum Gasteiger partial charge on any atom is 0.350 e. The molecular formula is C11H12FN3O. The molecule has 16 heavy (non-hydrogen) atoms. The molecule has 0 fully saturated rings. The minimum Gasteiger partial charge on any atom is -0.279 e. The lowest BCUT2D eigenvalue weighted by Gasteiger charge is -2.03. The van der Waals surface area contributed by atoms with Gasteiger partial charge in [-0.25, -0.2) is 9.18 Å². The first-order valence-electron chi connectivity index (χ1n) is 5.02. The summed E-state index contributed by atoms with van der Waals surface area (Å²) >= 11 is 0. The van der Waals surface area contributed by atoms with Crippen LogP contribution in [0.2, 0.25) is 0 Å². The Kier molecular flexibility index (Phi) is 2.60. The second-order valence-electron chi connectivity index (χ2n) is 3.78. The maximum absolute atomic E-state index is 13.5. The van der Waals surface area contributed by atoms with Crippen molar-refractivity contribution in [2.24, 2.45) is 0 Å². The van der Waals surface area contributed by atoms with Crippen LogP contribution in [0.1, 0.15) is 19.9 Å². The third-order valence-electron chi connectivity index (χ3n) is 2.33. The zero-order chi connectivity index (χ0) is 11.7. The third kappa shape index (κ3) is 1.64. The largest absolute Gasteiger partial charge is 0.350 e. The molecular weight excluding hydrogens is 209 g/mol. The molecule has 84 valence electrons. The zero-order valence-corrected chi connectivity index (χ0v) is 9.09. The molecule has 0 saturated heterocycles. The van der Waals surface area contributed by atoms with Crippen molar-refractivity contribution >= 4 is 0 Å². The minimum absolute atomic E-state index is 0.00743. The topological polar surface area (TPSA) is 39.8 Å². The van der Waals surface area contributed by atoms with Gasteiger partial charge in [-0.15, -0.1) is 0 Å². The molecule has 0 atom stereocenters. The van der Waals surface area contributed by atoms with E-state index in [1.54, 1.807) is 12.1 Å². The summed E-state index contributed by atoms with van der Waals surface area (Å²) in [7, 11) is 0. The molecule has 0 aliphatic carbocycles. The molecule has 0 N–H and O–H groups in total. The normalized spacial score (nSPS) is 11.0. The Morgan fingerprint density at radius 2 is 2.00 bits per heavy atom. The van der Waals surface area contributed by atoms with Crippen molar-refractivity contribution < 1.29 is 4.39 Å². The Morgan fingerprint density at radius 1 is 1.31 bits per heavy atom. The lowest BCUT2D eigenvalue weighted by Crippen LogP contribution is -2.25. The maximum atomic E-state index is 13.5. The molecule has 5 heteroatoms. The van der Waals surface area contributed by atoms with Gasteiger partial charge in [-0.3, -0.25) is 4.57 Å². The Morgan fingerprint density at radius 3 is 2.56 bits per heavy atom. The number of nitrogens with zero attached hydrogens (tertiary/aromatic N) is 3. The van der Waals surface area contributed by atoms with Crippen molar-refractivity contribution in [2.75, 3.05) is 0 Å². The molecule has 0 saturated carbocycles. The summed E-state index contributed by atoms with van der Waals surface area (Å²) in [5, 5.41) is 3.90. The standard InChI is InChI=1S/C11H12FN3O/c1-8(2)14-7-13-15(11(14)16)10-6-4-3-5-9(10)12/h3-8H,1-2H3. The lowest BCUT2D eigenvalue weighted by molar-refractivity contribution is 0.567. The summed E-state index contributed by atoms with van der Waals surface area (Å²) in [5.74, 6) is -0.460. The first kappa shape index (κ1) is 10.6. The zero-order valence-electron chi connectivity index (χ0n) is 9.09. The van der Waals surface area contributed by atoms with E-state index in [9.17, 15) is 9.18 Å². The summed E-state index contributed by atoms with van der Waals surface area (Å²) in [6, 6.07) is 6.07. The van der Waals surface area contributed by atoms with Crippen molar-refractivity contribution in [3.63, 3.8) is 0 Å². The van der Waals surface area contributed by atoms with Crippen molar-refractivity contribution in [1.29, 1.82) is 0 Å². The Labute approximate surface area is 91.9 Å². The molecule has 0 unspecified atom stereocenters. The summed E-state index contributed by atoms with van der Waals surface area (Å²) in [6.07, 6.45) is 1.42. The fourth-order valence-corrected chi connectivity index (χ4v) is 1.46. The fraction of sp³-hybridized carbons (Fsp3) is 0.273. The summed E-state index contributed by atoms with van der Waals surface area (Å²) in [6.45, 7) is 3.74. The molecule has 0 spiro atoms. The molecule has 1 aromatic carbocycles. The van der Waals surface area contributed by atoms with Gasteiger partial charge in [0.2, 0.25) is 0 Å². The van der Waals surface area contributed by atoms with E-state index < -0.39 is 5.82 Å². The van der Waals surface area contributed by atoms with Gasteiger partial charge in [-0.2, -0.15) is 9.78 Å². The van der Waals surface area contributed by atoms with Gasteiger partial charge in [0.1, 0.15) is 17.8 Å². The highest BCUT2D eigenvalue weighted by molar-refractivity contribution is 5.31. The summed E-state index contributed by atoms with van der Waals surface area (Å²) in [5.41, 5.74) is -0.160. The average Bonchev–Trinajstić information content (AvgIpc) is 2.61. The molecule has 2 rings (SSSR count). The number of aromatic nitrogens is 3. The molecule has 0 aliphatic heterocycles. The summed E-state index contributed by atoms with van der Waals surface area (Å²) < 4.78 is 16.0. The molecule has 4 nitrogen and oxygen atoms in total. The second kappa shape index (κ2) is 3.92. The van der Waals surface area contributed by atoms with Crippen LogP contribution in [0.3, 0.4) is 0 Å². The Balaban J connectivity index is 2.59. The first-order valence-corrected chi connectivity index (χ1v) is 5.02. The SMILES string of the molecule is CC(C)n1cnn(-c2ccccc2F)c1=O. The van der Waals surface area contributed by atoms with Gasteiger partial charge in [0, 0.05) is 6.04 Å². The third-order valence-corrected chi connectivity index (χ3v) is 2.33. The highest BCUT2D eigenvalue weighted by Crippen LogP contribution is 2.09. The predicted octanol–water partition coefficient (Wildman–Crippen LogP) is 1.75. The van der Waals surface area contributed by atoms with E-state index >= 15 is 0 Å². The fourth-order valence-electron chi connectivity index (χ4n) is 1.46. The van der Waals surface area contributed by atoms with E-state index in [0.717, 1.165) is 4.68 Å². The molecule has 0 radical (unpaired) electrons. The molecule has 1 aromatic heterocycles. The number of rotatable bonds is 2. The smallest absolute Gasteiger partial charge is 0.279 e. The van der Waals surface area contributed by atoms with Crippen LogP contribution < -0.4 is 5.69 Å². The van der Waals surface area contributed by atoms with Gasteiger partial charge < -0.3 is 0 Å². The van der Waals surface area contributed by atoms with Crippen LogP contribution in [0.4, 0.5) is 4.39 Å². The highest BCUT2D eigenvalue weighted by Gasteiger charge is 2.11. The van der Waals surface area contributed by atoms with Crippen LogP contribution in [0.5, 0.6) is 0 Å². The highest BCUT2D eigenvalue weighted by atomic mass is 19.1. The van der Waals surface area contributed by atoms with Gasteiger partial charge in [0.15, 0.2) is 0 Å².